The van der Waals surface area contributed by atoms with E-state index >= 15 is 0 Å². The molecule has 0 atom stereocenters. The van der Waals surface area contributed by atoms with Gasteiger partial charge in [0.2, 0.25) is 11.8 Å². The Labute approximate surface area is 179 Å². The van der Waals surface area contributed by atoms with E-state index in [-0.39, 0.29) is 37.9 Å². The number of rotatable bonds is 5. The highest BCUT2D eigenvalue weighted by atomic mass is 35.5. The predicted octanol–water partition coefficient (Wildman–Crippen LogP) is 4.29. The van der Waals surface area contributed by atoms with Gasteiger partial charge in [0.05, 0.1) is 17.3 Å². The lowest BCUT2D eigenvalue weighted by Gasteiger charge is -2.34. The second-order valence-electron chi connectivity index (χ2n) is 7.10. The minimum atomic E-state index is -0.464. The highest BCUT2D eigenvalue weighted by Crippen LogP contribution is 2.23. The van der Waals surface area contributed by atoms with Crippen LogP contribution in [0.2, 0.25) is 5.02 Å². The number of nitrogens with one attached hydrogen (secondary N) is 1. The number of hydrogen-bond acceptors (Lipinski definition) is 3. The van der Waals surface area contributed by atoms with Gasteiger partial charge >= 0.3 is 6.03 Å². The third-order valence-electron chi connectivity index (χ3n) is 5.09. The summed E-state index contributed by atoms with van der Waals surface area (Å²) < 4.78 is 0. The molecule has 7 heteroatoms. The van der Waals surface area contributed by atoms with Gasteiger partial charge in [0.15, 0.2) is 0 Å². The van der Waals surface area contributed by atoms with E-state index in [4.69, 9.17) is 11.6 Å². The molecule has 0 radical (unpaired) electrons. The first-order valence-electron chi connectivity index (χ1n) is 9.63. The number of benzene rings is 3. The van der Waals surface area contributed by atoms with Crippen LogP contribution in [0.25, 0.3) is 10.8 Å². The highest BCUT2D eigenvalue weighted by Gasteiger charge is 2.33. The van der Waals surface area contributed by atoms with Crippen LogP contribution in [0.5, 0.6) is 0 Å². The van der Waals surface area contributed by atoms with Crippen molar-refractivity contribution in [1.29, 1.82) is 0 Å². The van der Waals surface area contributed by atoms with E-state index in [1.165, 1.54) is 9.80 Å². The van der Waals surface area contributed by atoms with Gasteiger partial charge in [-0.15, -0.1) is 0 Å². The molecule has 4 amide bonds. The molecule has 0 aliphatic carbocycles. The van der Waals surface area contributed by atoms with Gasteiger partial charge < -0.3 is 10.2 Å². The quantitative estimate of drug-likeness (QED) is 0.668. The lowest BCUT2D eigenvalue weighted by atomic mass is 10.0. The van der Waals surface area contributed by atoms with Crippen LogP contribution in [0.3, 0.4) is 0 Å². The van der Waals surface area contributed by atoms with Gasteiger partial charge in [-0.3, -0.25) is 14.5 Å². The molecule has 0 unspecified atom stereocenters. The van der Waals surface area contributed by atoms with Crippen molar-refractivity contribution < 1.29 is 14.4 Å². The fourth-order valence-corrected chi connectivity index (χ4v) is 3.75. The zero-order valence-corrected chi connectivity index (χ0v) is 16.9. The van der Waals surface area contributed by atoms with Crippen molar-refractivity contribution in [2.24, 2.45) is 0 Å². The second kappa shape index (κ2) is 8.55. The molecule has 1 saturated heterocycles. The Balaban J connectivity index is 1.48. The summed E-state index contributed by atoms with van der Waals surface area (Å²) in [6.07, 6.45) is 0.176. The Hall–Kier alpha value is -3.38. The van der Waals surface area contributed by atoms with E-state index in [2.05, 4.69) is 5.32 Å². The van der Waals surface area contributed by atoms with Crippen molar-refractivity contribution in [3.63, 3.8) is 0 Å². The Bertz CT molecular complexity index is 1130. The zero-order chi connectivity index (χ0) is 21.1. The maximum atomic E-state index is 13.0. The number of anilines is 1. The van der Waals surface area contributed by atoms with Gasteiger partial charge in [-0.2, -0.15) is 0 Å². The van der Waals surface area contributed by atoms with Gasteiger partial charge in [0, 0.05) is 13.0 Å². The normalized spacial score (nSPS) is 14.3. The molecule has 1 fully saturated rings. The number of halogens is 1. The van der Waals surface area contributed by atoms with Gasteiger partial charge in [-0.25, -0.2) is 4.79 Å². The largest absolute Gasteiger partial charge is 0.327 e. The second-order valence-corrected chi connectivity index (χ2v) is 7.51. The topological polar surface area (TPSA) is 69.7 Å². The number of urea groups is 1. The number of imide groups is 1. The van der Waals surface area contributed by atoms with Crippen molar-refractivity contribution >= 4 is 45.9 Å². The van der Waals surface area contributed by atoms with Crippen LogP contribution in [0.4, 0.5) is 10.5 Å². The van der Waals surface area contributed by atoms with Crippen molar-refractivity contribution in [3.05, 3.63) is 77.3 Å². The molecule has 0 saturated carbocycles. The third-order valence-corrected chi connectivity index (χ3v) is 5.42. The molecule has 1 heterocycles. The number of carbonyl (C=O) groups is 3. The molecular weight excluding hydrogens is 402 g/mol. The van der Waals surface area contributed by atoms with E-state index in [0.717, 1.165) is 16.3 Å². The number of fused-ring (bicyclic) bond motifs is 1. The number of carbonyl (C=O) groups excluding carboxylic acids is 3. The van der Waals surface area contributed by atoms with Crippen molar-refractivity contribution in [1.82, 2.24) is 9.80 Å². The van der Waals surface area contributed by atoms with E-state index in [9.17, 15) is 14.4 Å². The molecule has 1 aliphatic rings. The average Bonchev–Trinajstić information content (AvgIpc) is 2.75. The first-order valence-corrected chi connectivity index (χ1v) is 10.0. The third kappa shape index (κ3) is 4.14. The van der Waals surface area contributed by atoms with Gasteiger partial charge in [0.25, 0.3) is 0 Å². The Morgan fingerprint density at radius 2 is 1.70 bits per heavy atom. The van der Waals surface area contributed by atoms with Crippen molar-refractivity contribution in [2.75, 3.05) is 18.4 Å². The number of para-hydroxylation sites is 1. The molecule has 152 valence electrons. The molecule has 0 spiro atoms. The summed E-state index contributed by atoms with van der Waals surface area (Å²) in [7, 11) is 0. The molecule has 0 bridgehead atoms. The monoisotopic (exact) mass is 421 g/mol. The maximum absolute atomic E-state index is 13.0. The molecule has 3 aromatic carbocycles. The van der Waals surface area contributed by atoms with Crippen LogP contribution in [0, 0.1) is 0 Å². The molecule has 1 N–H and O–H groups in total. The zero-order valence-electron chi connectivity index (χ0n) is 16.2. The summed E-state index contributed by atoms with van der Waals surface area (Å²) in [5.74, 6) is -0.605. The van der Waals surface area contributed by atoms with Gasteiger partial charge in [-0.1, -0.05) is 66.2 Å². The fourth-order valence-electron chi connectivity index (χ4n) is 3.57. The standard InChI is InChI=1S/C23H20ClN3O3/c24-19-10-3-4-11-20(19)25-21(28)15-26-13-12-22(29)27(23(26)30)14-17-8-5-7-16-6-1-2-9-18(16)17/h1-11H,12-15H2,(H,25,28). The Morgan fingerprint density at radius 1 is 0.967 bits per heavy atom. The lowest BCUT2D eigenvalue weighted by molar-refractivity contribution is -0.132. The molecule has 1 aliphatic heterocycles. The lowest BCUT2D eigenvalue weighted by Crippen LogP contribution is -2.53. The van der Waals surface area contributed by atoms with Crippen LogP contribution in [-0.2, 0) is 16.1 Å². The minimum absolute atomic E-state index is 0.149. The summed E-state index contributed by atoms with van der Waals surface area (Å²) in [6.45, 7) is 0.227. The van der Waals surface area contributed by atoms with Crippen LogP contribution in [-0.4, -0.2) is 40.7 Å². The predicted molar refractivity (Wildman–Crippen MR) is 116 cm³/mol. The molecule has 30 heavy (non-hydrogen) atoms. The van der Waals surface area contributed by atoms with E-state index in [1.54, 1.807) is 24.3 Å². The fraction of sp³-hybridized carbons (Fsp3) is 0.174. The van der Waals surface area contributed by atoms with E-state index < -0.39 is 6.03 Å². The van der Waals surface area contributed by atoms with Crippen LogP contribution < -0.4 is 5.32 Å². The number of nitrogens with zero attached hydrogens (tertiary/aromatic N) is 2. The number of hydrogen-bond donors (Lipinski definition) is 1. The van der Waals surface area contributed by atoms with Crippen molar-refractivity contribution in [3.8, 4) is 0 Å². The summed E-state index contributed by atoms with van der Waals surface area (Å²) in [5, 5.41) is 5.17. The summed E-state index contributed by atoms with van der Waals surface area (Å²) in [4.78, 5) is 40.5. The molecule has 6 nitrogen and oxygen atoms in total. The Morgan fingerprint density at radius 3 is 2.53 bits per heavy atom. The summed E-state index contributed by atoms with van der Waals surface area (Å²) >= 11 is 6.07. The average molecular weight is 422 g/mol. The SMILES string of the molecule is O=C(CN1CCC(=O)N(Cc2cccc3ccccc23)C1=O)Nc1ccccc1Cl. The van der Waals surface area contributed by atoms with Crippen molar-refractivity contribution in [2.45, 2.75) is 13.0 Å². The van der Waals surface area contributed by atoms with Crippen LogP contribution in [0.1, 0.15) is 12.0 Å². The first-order chi connectivity index (χ1) is 14.5. The number of amides is 4. The molecule has 0 aromatic heterocycles. The van der Waals surface area contributed by atoms with Gasteiger partial charge in [0.1, 0.15) is 6.54 Å². The highest BCUT2D eigenvalue weighted by molar-refractivity contribution is 6.33. The molecular formula is C23H20ClN3O3. The molecule has 4 rings (SSSR count). The van der Waals surface area contributed by atoms with Crippen LogP contribution in [0.15, 0.2) is 66.7 Å². The van der Waals surface area contributed by atoms with E-state index in [0.29, 0.717) is 10.7 Å². The van der Waals surface area contributed by atoms with E-state index in [1.807, 2.05) is 42.5 Å². The summed E-state index contributed by atoms with van der Waals surface area (Å²) in [6, 6.07) is 20.1. The summed E-state index contributed by atoms with van der Waals surface area (Å²) in [5.41, 5.74) is 1.37. The first kappa shape index (κ1) is 19.9. The van der Waals surface area contributed by atoms with Crippen LogP contribution >= 0.6 is 11.6 Å². The smallest absolute Gasteiger partial charge is 0.323 e. The minimum Gasteiger partial charge on any atom is -0.323 e. The Kier molecular flexibility index (Phi) is 5.68. The van der Waals surface area contributed by atoms with Gasteiger partial charge in [-0.05, 0) is 28.5 Å². The maximum Gasteiger partial charge on any atom is 0.327 e. The molecule has 3 aromatic rings.